The van der Waals surface area contributed by atoms with E-state index < -0.39 is 0 Å². The normalized spacial score (nSPS) is 15.4. The lowest BCUT2D eigenvalue weighted by Crippen LogP contribution is -2.32. The second kappa shape index (κ2) is 7.64. The van der Waals surface area contributed by atoms with Crippen LogP contribution < -0.4 is 15.5 Å². The number of fused-ring (bicyclic) bond motifs is 2. The summed E-state index contributed by atoms with van der Waals surface area (Å²) in [7, 11) is 0. The maximum atomic E-state index is 12.5. The zero-order valence-corrected chi connectivity index (χ0v) is 17.5. The summed E-state index contributed by atoms with van der Waals surface area (Å²) in [6, 6.07) is 19.3. The van der Waals surface area contributed by atoms with E-state index in [1.54, 1.807) is 0 Å². The highest BCUT2D eigenvalue weighted by atomic mass is 16.2. The summed E-state index contributed by atoms with van der Waals surface area (Å²) in [4.78, 5) is 14.8. The molecular weight excluding hydrogens is 402 g/mol. The van der Waals surface area contributed by atoms with Crippen molar-refractivity contribution >= 4 is 28.9 Å². The van der Waals surface area contributed by atoms with Crippen molar-refractivity contribution in [1.29, 1.82) is 0 Å². The van der Waals surface area contributed by atoms with Crippen LogP contribution >= 0.6 is 0 Å². The Morgan fingerprint density at radius 2 is 1.81 bits per heavy atom. The molecule has 160 valence electrons. The highest BCUT2D eigenvalue weighted by Gasteiger charge is 2.29. The Bertz CT molecular complexity index is 1300. The number of amides is 2. The van der Waals surface area contributed by atoms with Crippen molar-refractivity contribution in [3.8, 4) is 0 Å². The van der Waals surface area contributed by atoms with Gasteiger partial charge in [0.2, 0.25) is 0 Å². The molecule has 0 unspecified atom stereocenters. The minimum atomic E-state index is -0.237. The Labute approximate surface area is 185 Å². The van der Waals surface area contributed by atoms with Crippen molar-refractivity contribution < 1.29 is 4.79 Å². The molecule has 1 saturated carbocycles. The number of hydrogen-bond acceptors (Lipinski definition) is 5. The fraction of sp³-hybridized carbons (Fsp3) is 0.250. The molecule has 8 nitrogen and oxygen atoms in total. The minimum absolute atomic E-state index is 0.237. The number of urea groups is 1. The molecular formula is C24H23N7O. The Hall–Kier alpha value is -3.94. The SMILES string of the molecule is O=C(Nc1ccccc1)Nc1cccc2c1CCN(c1ccc3nnc(C4CC4)n3n1)C2. The van der Waals surface area contributed by atoms with Gasteiger partial charge in [-0.05, 0) is 60.7 Å². The monoisotopic (exact) mass is 425 g/mol. The topological polar surface area (TPSA) is 87.5 Å². The zero-order chi connectivity index (χ0) is 21.5. The van der Waals surface area contributed by atoms with E-state index in [0.717, 1.165) is 61.0 Å². The lowest BCUT2D eigenvalue weighted by molar-refractivity contribution is 0.262. The molecule has 6 rings (SSSR count). The molecule has 2 aromatic carbocycles. The summed E-state index contributed by atoms with van der Waals surface area (Å²) >= 11 is 0. The first kappa shape index (κ1) is 18.8. The molecule has 8 heteroatoms. The molecule has 0 saturated heterocycles. The molecule has 1 fully saturated rings. The standard InChI is InChI=1S/C24H23N7O/c32-24(25-18-6-2-1-3-7-18)26-20-8-4-5-17-15-30(14-13-19(17)20)22-12-11-21-27-28-23(16-9-10-16)31(21)29-22/h1-8,11-12,16H,9-10,13-15H2,(H2,25,26,32). The number of hydrogen-bond donors (Lipinski definition) is 2. The maximum absolute atomic E-state index is 12.5. The summed E-state index contributed by atoms with van der Waals surface area (Å²) in [6.07, 6.45) is 3.16. The van der Waals surface area contributed by atoms with Gasteiger partial charge >= 0.3 is 6.03 Å². The Morgan fingerprint density at radius 1 is 0.938 bits per heavy atom. The predicted molar refractivity (Wildman–Crippen MR) is 123 cm³/mol. The predicted octanol–water partition coefficient (Wildman–Crippen LogP) is 4.21. The van der Waals surface area contributed by atoms with Gasteiger partial charge in [-0.25, -0.2) is 4.79 Å². The Balaban J connectivity index is 1.21. The molecule has 3 heterocycles. The second-order valence-corrected chi connectivity index (χ2v) is 8.35. The van der Waals surface area contributed by atoms with Gasteiger partial charge in [-0.3, -0.25) is 0 Å². The lowest BCUT2D eigenvalue weighted by atomic mass is 9.97. The van der Waals surface area contributed by atoms with Gasteiger partial charge in [0.1, 0.15) is 5.82 Å². The van der Waals surface area contributed by atoms with Gasteiger partial charge in [0, 0.05) is 30.4 Å². The van der Waals surface area contributed by atoms with Gasteiger partial charge in [0.05, 0.1) is 0 Å². The van der Waals surface area contributed by atoms with E-state index >= 15 is 0 Å². The third kappa shape index (κ3) is 3.53. The molecule has 0 bridgehead atoms. The fourth-order valence-electron chi connectivity index (χ4n) is 4.29. The first-order valence-electron chi connectivity index (χ1n) is 11.0. The van der Waals surface area contributed by atoms with Crippen molar-refractivity contribution in [1.82, 2.24) is 19.8 Å². The number of nitrogens with one attached hydrogen (secondary N) is 2. The first-order valence-corrected chi connectivity index (χ1v) is 11.0. The molecule has 1 aliphatic heterocycles. The smallest absolute Gasteiger partial charge is 0.323 e. The maximum Gasteiger partial charge on any atom is 0.323 e. The highest BCUT2D eigenvalue weighted by Crippen LogP contribution is 2.39. The molecule has 2 aromatic heterocycles. The molecule has 0 atom stereocenters. The molecule has 0 radical (unpaired) electrons. The highest BCUT2D eigenvalue weighted by molar-refractivity contribution is 6.00. The van der Waals surface area contributed by atoms with Crippen molar-refractivity contribution in [2.75, 3.05) is 22.1 Å². The van der Waals surface area contributed by atoms with Crippen molar-refractivity contribution in [2.45, 2.75) is 31.7 Å². The number of rotatable bonds is 4. The average Bonchev–Trinajstić information content (AvgIpc) is 3.58. The van der Waals surface area contributed by atoms with Gasteiger partial charge in [-0.2, -0.15) is 4.52 Å². The summed E-state index contributed by atoms with van der Waals surface area (Å²) < 4.78 is 1.90. The third-order valence-electron chi connectivity index (χ3n) is 6.09. The molecule has 2 aliphatic rings. The summed E-state index contributed by atoms with van der Waals surface area (Å²) in [5.74, 6) is 2.38. The van der Waals surface area contributed by atoms with Crippen molar-refractivity contribution in [2.24, 2.45) is 0 Å². The van der Waals surface area contributed by atoms with E-state index in [9.17, 15) is 4.79 Å². The number of nitrogens with zero attached hydrogens (tertiary/aromatic N) is 5. The van der Waals surface area contributed by atoms with Gasteiger partial charge in [-0.15, -0.1) is 15.3 Å². The van der Waals surface area contributed by atoms with Gasteiger partial charge < -0.3 is 15.5 Å². The second-order valence-electron chi connectivity index (χ2n) is 8.35. The molecule has 1 aliphatic carbocycles. The lowest BCUT2D eigenvalue weighted by Gasteiger charge is -2.31. The van der Waals surface area contributed by atoms with E-state index in [1.165, 1.54) is 11.1 Å². The zero-order valence-electron chi connectivity index (χ0n) is 17.5. The number of carbonyl (C=O) groups is 1. The van der Waals surface area contributed by atoms with E-state index in [1.807, 2.05) is 59.1 Å². The number of aromatic nitrogens is 4. The summed E-state index contributed by atoms with van der Waals surface area (Å²) in [5, 5.41) is 19.3. The quantitative estimate of drug-likeness (QED) is 0.511. The minimum Gasteiger partial charge on any atom is -0.351 e. The van der Waals surface area contributed by atoms with Crippen LogP contribution in [0.1, 0.15) is 35.7 Å². The summed E-state index contributed by atoms with van der Waals surface area (Å²) in [6.45, 7) is 1.57. The van der Waals surface area contributed by atoms with Crippen LogP contribution in [0, 0.1) is 0 Å². The third-order valence-corrected chi connectivity index (χ3v) is 6.09. The Kier molecular flexibility index (Phi) is 4.49. The van der Waals surface area contributed by atoms with Crippen LogP contribution in [0.25, 0.3) is 5.65 Å². The molecule has 0 spiro atoms. The molecule has 2 amide bonds. The van der Waals surface area contributed by atoms with Crippen LogP contribution in [0.5, 0.6) is 0 Å². The van der Waals surface area contributed by atoms with Crippen LogP contribution in [0.15, 0.2) is 60.7 Å². The van der Waals surface area contributed by atoms with Crippen LogP contribution in [0.3, 0.4) is 0 Å². The van der Waals surface area contributed by atoms with Gasteiger partial charge in [0.25, 0.3) is 0 Å². The van der Waals surface area contributed by atoms with E-state index in [4.69, 9.17) is 5.10 Å². The average molecular weight is 425 g/mol. The number of carbonyl (C=O) groups excluding carboxylic acids is 1. The number of benzene rings is 2. The van der Waals surface area contributed by atoms with Gasteiger partial charge in [-0.1, -0.05) is 30.3 Å². The Morgan fingerprint density at radius 3 is 2.66 bits per heavy atom. The van der Waals surface area contributed by atoms with E-state index in [-0.39, 0.29) is 6.03 Å². The van der Waals surface area contributed by atoms with Crippen LogP contribution in [-0.4, -0.2) is 32.4 Å². The van der Waals surface area contributed by atoms with Crippen molar-refractivity contribution in [3.63, 3.8) is 0 Å². The van der Waals surface area contributed by atoms with Crippen LogP contribution in [0.4, 0.5) is 22.0 Å². The largest absolute Gasteiger partial charge is 0.351 e. The number of para-hydroxylation sites is 1. The molecule has 32 heavy (non-hydrogen) atoms. The van der Waals surface area contributed by atoms with E-state index in [2.05, 4.69) is 31.8 Å². The van der Waals surface area contributed by atoms with Crippen molar-refractivity contribution in [3.05, 3.63) is 77.6 Å². The van der Waals surface area contributed by atoms with E-state index in [0.29, 0.717) is 5.92 Å². The van der Waals surface area contributed by atoms with Gasteiger partial charge in [0.15, 0.2) is 11.5 Å². The van der Waals surface area contributed by atoms with Crippen LogP contribution in [-0.2, 0) is 13.0 Å². The first-order chi connectivity index (χ1) is 15.7. The summed E-state index contributed by atoms with van der Waals surface area (Å²) in [5.41, 5.74) is 4.79. The number of anilines is 3. The fourth-order valence-corrected chi connectivity index (χ4v) is 4.29. The molecule has 2 N–H and O–H groups in total. The molecule has 4 aromatic rings. The van der Waals surface area contributed by atoms with Crippen LogP contribution in [0.2, 0.25) is 0 Å².